The number of nitro groups is 1. The fourth-order valence-corrected chi connectivity index (χ4v) is 2.53. The van der Waals surface area contributed by atoms with Crippen molar-refractivity contribution in [3.63, 3.8) is 0 Å². The van der Waals surface area contributed by atoms with Gasteiger partial charge in [0.05, 0.1) is 18.0 Å². The quantitative estimate of drug-likeness (QED) is 0.609. The zero-order valence-corrected chi connectivity index (χ0v) is 10.2. The number of nitrogens with two attached hydrogens (primary N) is 1. The van der Waals surface area contributed by atoms with Gasteiger partial charge in [-0.2, -0.15) is 0 Å². The largest absolute Gasteiger partial charge is 0.354 e. The van der Waals surface area contributed by atoms with Crippen molar-refractivity contribution in [1.29, 1.82) is 0 Å². The Morgan fingerprint density at radius 3 is 2.47 bits per heavy atom. The van der Waals surface area contributed by atoms with E-state index in [9.17, 15) is 10.1 Å². The van der Waals surface area contributed by atoms with Crippen molar-refractivity contribution in [2.24, 2.45) is 0 Å². The number of piperazine rings is 1. The monoisotopic (exact) mass is 236 g/mol. The Labute approximate surface area is 101 Å². The van der Waals surface area contributed by atoms with Crippen molar-refractivity contribution in [2.45, 2.75) is 25.9 Å². The predicted molar refractivity (Wildman–Crippen MR) is 66.2 cm³/mol. The Hall–Kier alpha value is -1.62. The van der Waals surface area contributed by atoms with Gasteiger partial charge in [0.15, 0.2) is 0 Å². The summed E-state index contributed by atoms with van der Waals surface area (Å²) < 4.78 is 0. The second-order valence-corrected chi connectivity index (χ2v) is 4.80. The third kappa shape index (κ3) is 2.55. The van der Waals surface area contributed by atoms with Crippen molar-refractivity contribution >= 4 is 11.4 Å². The van der Waals surface area contributed by atoms with E-state index in [0.717, 1.165) is 18.8 Å². The molecule has 0 saturated carbocycles. The maximum Gasteiger partial charge on any atom is 0.292 e. The molecule has 0 aliphatic carbocycles. The van der Waals surface area contributed by atoms with Gasteiger partial charge in [-0.3, -0.25) is 10.1 Å². The van der Waals surface area contributed by atoms with Gasteiger partial charge in [-0.25, -0.2) is 0 Å². The molecular weight excluding hydrogens is 218 g/mol. The maximum absolute atomic E-state index is 11.0. The number of benzene rings is 1. The van der Waals surface area contributed by atoms with Gasteiger partial charge < -0.3 is 10.2 Å². The summed E-state index contributed by atoms with van der Waals surface area (Å²) >= 11 is 0. The van der Waals surface area contributed by atoms with Crippen LogP contribution in [0.25, 0.3) is 0 Å². The van der Waals surface area contributed by atoms with Gasteiger partial charge in [-0.05, 0) is 19.9 Å². The van der Waals surface area contributed by atoms with Crippen molar-refractivity contribution in [3.05, 3.63) is 34.4 Å². The van der Waals surface area contributed by atoms with Crippen LogP contribution in [0.1, 0.15) is 13.8 Å². The van der Waals surface area contributed by atoms with Gasteiger partial charge >= 0.3 is 0 Å². The molecule has 0 bridgehead atoms. The third-order valence-corrected chi connectivity index (χ3v) is 3.09. The van der Waals surface area contributed by atoms with E-state index in [1.54, 1.807) is 12.1 Å². The van der Waals surface area contributed by atoms with Crippen molar-refractivity contribution in [1.82, 2.24) is 0 Å². The molecule has 17 heavy (non-hydrogen) atoms. The molecule has 1 aliphatic rings. The highest BCUT2D eigenvalue weighted by Gasteiger charge is 2.28. The van der Waals surface area contributed by atoms with Crippen LogP contribution in [0.15, 0.2) is 24.3 Å². The minimum Gasteiger partial charge on any atom is -0.354 e. The zero-order valence-electron chi connectivity index (χ0n) is 10.2. The molecule has 1 aliphatic heterocycles. The Kier molecular flexibility index (Phi) is 3.28. The summed E-state index contributed by atoms with van der Waals surface area (Å²) in [6.07, 6.45) is 0. The van der Waals surface area contributed by atoms with Crippen LogP contribution in [-0.2, 0) is 0 Å². The van der Waals surface area contributed by atoms with Gasteiger partial charge in [0.1, 0.15) is 17.8 Å². The minimum absolute atomic E-state index is 0.203. The van der Waals surface area contributed by atoms with Crippen molar-refractivity contribution in [3.8, 4) is 0 Å². The van der Waals surface area contributed by atoms with Crippen LogP contribution in [0.4, 0.5) is 11.4 Å². The highest BCUT2D eigenvalue weighted by atomic mass is 16.6. The van der Waals surface area contributed by atoms with E-state index in [1.807, 2.05) is 12.1 Å². The highest BCUT2D eigenvalue weighted by Crippen LogP contribution is 2.28. The molecule has 0 radical (unpaired) electrons. The summed E-state index contributed by atoms with van der Waals surface area (Å²) in [6, 6.07) is 7.92. The summed E-state index contributed by atoms with van der Waals surface area (Å²) in [6.45, 7) is 6.01. The van der Waals surface area contributed by atoms with Crippen molar-refractivity contribution in [2.75, 3.05) is 18.0 Å². The zero-order chi connectivity index (χ0) is 12.4. The average molecular weight is 236 g/mol. The molecule has 0 amide bonds. The van der Waals surface area contributed by atoms with Gasteiger partial charge in [0, 0.05) is 6.07 Å². The van der Waals surface area contributed by atoms with Gasteiger partial charge in [-0.1, -0.05) is 12.1 Å². The smallest absolute Gasteiger partial charge is 0.292 e. The SMILES string of the molecule is C[C@@H]1CN(c2ccccc2[N+](=O)[O-])C[C@@H](C)[NH2+]1. The van der Waals surface area contributed by atoms with Crippen molar-refractivity contribution < 1.29 is 10.2 Å². The van der Waals surface area contributed by atoms with Gasteiger partial charge in [-0.15, -0.1) is 0 Å². The Morgan fingerprint density at radius 1 is 1.29 bits per heavy atom. The van der Waals surface area contributed by atoms with Crippen LogP contribution in [0, 0.1) is 10.1 Å². The highest BCUT2D eigenvalue weighted by molar-refractivity contribution is 5.63. The van der Waals surface area contributed by atoms with Crippen LogP contribution in [0.2, 0.25) is 0 Å². The summed E-state index contributed by atoms with van der Waals surface area (Å²) in [7, 11) is 0. The number of hydrogen-bond acceptors (Lipinski definition) is 3. The fourth-order valence-electron chi connectivity index (χ4n) is 2.53. The molecule has 1 aromatic rings. The number of nitrogens with zero attached hydrogens (tertiary/aromatic N) is 2. The van der Waals surface area contributed by atoms with Crippen LogP contribution < -0.4 is 10.2 Å². The topological polar surface area (TPSA) is 63.0 Å². The van der Waals surface area contributed by atoms with E-state index in [1.165, 1.54) is 0 Å². The minimum atomic E-state index is -0.303. The van der Waals surface area contributed by atoms with E-state index >= 15 is 0 Å². The molecule has 5 nitrogen and oxygen atoms in total. The van der Waals surface area contributed by atoms with Crippen LogP contribution in [-0.4, -0.2) is 30.1 Å². The maximum atomic E-state index is 11.0. The van der Waals surface area contributed by atoms with E-state index in [0.29, 0.717) is 12.1 Å². The number of hydrogen-bond donors (Lipinski definition) is 1. The number of nitro benzene ring substituents is 1. The number of rotatable bonds is 2. The molecule has 0 unspecified atom stereocenters. The summed E-state index contributed by atoms with van der Waals surface area (Å²) in [5.74, 6) is 0. The first kappa shape index (κ1) is 11.9. The molecule has 2 atom stereocenters. The van der Waals surface area contributed by atoms with E-state index < -0.39 is 0 Å². The van der Waals surface area contributed by atoms with E-state index in [2.05, 4.69) is 24.1 Å². The molecule has 92 valence electrons. The molecule has 1 saturated heterocycles. The molecule has 2 N–H and O–H groups in total. The lowest BCUT2D eigenvalue weighted by Gasteiger charge is -2.34. The Bertz CT molecular complexity index is 412. The summed E-state index contributed by atoms with van der Waals surface area (Å²) in [5.41, 5.74) is 0.943. The number of para-hydroxylation sites is 2. The first-order chi connectivity index (χ1) is 8.08. The Morgan fingerprint density at radius 2 is 1.88 bits per heavy atom. The third-order valence-electron chi connectivity index (χ3n) is 3.09. The fraction of sp³-hybridized carbons (Fsp3) is 0.500. The average Bonchev–Trinajstić information content (AvgIpc) is 2.27. The first-order valence-corrected chi connectivity index (χ1v) is 5.91. The Balaban J connectivity index is 2.30. The molecular formula is C12H18N3O2+. The molecule has 0 aromatic heterocycles. The summed E-state index contributed by atoms with van der Waals surface area (Å²) in [5, 5.41) is 13.3. The molecule has 0 spiro atoms. The number of quaternary nitrogens is 1. The first-order valence-electron chi connectivity index (χ1n) is 5.91. The standard InChI is InChI=1S/C12H17N3O2/c1-9-7-14(8-10(2)13-9)11-5-3-4-6-12(11)15(16)17/h3-6,9-10,13H,7-8H2,1-2H3/p+1/t9-,10-/m1/s1. The summed E-state index contributed by atoms with van der Waals surface area (Å²) in [4.78, 5) is 12.8. The van der Waals surface area contributed by atoms with Crippen LogP contribution >= 0.6 is 0 Å². The lowest BCUT2D eigenvalue weighted by atomic mass is 10.1. The van der Waals surface area contributed by atoms with Crippen LogP contribution in [0.5, 0.6) is 0 Å². The predicted octanol–water partition coefficient (Wildman–Crippen LogP) is 0.755. The van der Waals surface area contributed by atoms with Gasteiger partial charge in [0.25, 0.3) is 5.69 Å². The second-order valence-electron chi connectivity index (χ2n) is 4.80. The van der Waals surface area contributed by atoms with Crippen LogP contribution in [0.3, 0.4) is 0 Å². The molecule has 5 heteroatoms. The van der Waals surface area contributed by atoms with E-state index in [-0.39, 0.29) is 10.6 Å². The van der Waals surface area contributed by atoms with E-state index in [4.69, 9.17) is 0 Å². The second kappa shape index (κ2) is 4.71. The molecule has 2 rings (SSSR count). The normalized spacial score (nSPS) is 24.7. The lowest BCUT2D eigenvalue weighted by Crippen LogP contribution is -2.99. The molecule has 1 fully saturated rings. The lowest BCUT2D eigenvalue weighted by molar-refractivity contribution is -0.716. The molecule has 1 aromatic carbocycles. The van der Waals surface area contributed by atoms with Gasteiger partial charge in [0.2, 0.25) is 0 Å². The molecule has 1 heterocycles. The number of anilines is 1.